The molecule has 0 saturated carbocycles. The van der Waals surface area contributed by atoms with Crippen LogP contribution in [0.5, 0.6) is 5.88 Å². The predicted molar refractivity (Wildman–Crippen MR) is 157 cm³/mol. The number of carboxylic acids is 1. The topological polar surface area (TPSA) is 121 Å². The average molecular weight is 671 g/mol. The molecule has 4 rings (SSSR count). The molecule has 2 atom stereocenters. The summed E-state index contributed by atoms with van der Waals surface area (Å²) >= 11 is 0. The molecule has 1 aliphatic rings. The molecule has 254 valence electrons. The number of carboxylic acid groups (broad SMARTS) is 1. The van der Waals surface area contributed by atoms with Crippen molar-refractivity contribution in [1.29, 1.82) is 0 Å². The summed E-state index contributed by atoms with van der Waals surface area (Å²) in [5.41, 5.74) is -2.27. The maximum Gasteiger partial charge on any atom is 0.416 e. The Bertz CT molecular complexity index is 1550. The fourth-order valence-corrected chi connectivity index (χ4v) is 5.17. The van der Waals surface area contributed by atoms with Crippen LogP contribution < -0.4 is 19.4 Å². The average Bonchev–Trinajstić information content (AvgIpc) is 3.01. The minimum absolute atomic E-state index is 0.0190. The molecule has 0 aliphatic carbocycles. The second-order valence-corrected chi connectivity index (χ2v) is 10.9. The highest BCUT2D eigenvalue weighted by Gasteiger charge is 2.42. The van der Waals surface area contributed by atoms with Crippen molar-refractivity contribution in [1.82, 2.24) is 15.0 Å². The first kappa shape index (κ1) is 35.0. The third kappa shape index (κ3) is 8.13. The molecule has 17 heteroatoms. The van der Waals surface area contributed by atoms with Crippen LogP contribution >= 0.6 is 0 Å². The van der Waals surface area contributed by atoms with Crippen LogP contribution in [-0.4, -0.2) is 66.0 Å². The number of benzene rings is 1. The number of aliphatic carboxylic acids is 1. The van der Waals surface area contributed by atoms with Crippen molar-refractivity contribution in [3.05, 3.63) is 65.1 Å². The monoisotopic (exact) mass is 670 g/mol. The van der Waals surface area contributed by atoms with E-state index in [9.17, 15) is 35.9 Å². The molecule has 0 fully saturated rings. The van der Waals surface area contributed by atoms with E-state index in [0.29, 0.717) is 24.2 Å². The Morgan fingerprint density at radius 2 is 1.64 bits per heavy atom. The number of pyridine rings is 1. The van der Waals surface area contributed by atoms with Gasteiger partial charge in [-0.15, -0.1) is 0 Å². The number of hydrogen-bond donors (Lipinski definition) is 1. The quantitative estimate of drug-likeness (QED) is 0.245. The Hall–Kier alpha value is -4.83. The van der Waals surface area contributed by atoms with Crippen LogP contribution in [0.4, 0.5) is 48.5 Å². The van der Waals surface area contributed by atoms with E-state index in [2.05, 4.69) is 15.0 Å². The number of alkyl halides is 6. The first-order chi connectivity index (χ1) is 22.0. The number of rotatable bonds is 10. The van der Waals surface area contributed by atoms with Crippen LogP contribution in [-0.2, 0) is 28.4 Å². The van der Waals surface area contributed by atoms with Crippen molar-refractivity contribution >= 4 is 29.4 Å². The number of amides is 1. The van der Waals surface area contributed by atoms with Crippen molar-refractivity contribution in [3.8, 4) is 5.88 Å². The standard InChI is InChI=1S/C30H32F6N6O5/c1-5-20-13-23(26-22(6-7-24(39-26)46-4)42(20)28(45)47-9-8-25(43)44)41(27-37-14-21(15-38-27)40(2)3)16-17-10-18(29(31,32)33)12-19(11-17)30(34,35)36/h6-7,10-12,14-15,20,23H,5,8-9,13,16H2,1-4H3,(H,43,44)/t20-,23?/m1/s1. The number of carbonyl (C=O) groups is 2. The molecule has 11 nitrogen and oxygen atoms in total. The highest BCUT2D eigenvalue weighted by atomic mass is 19.4. The number of hydrogen-bond acceptors (Lipinski definition) is 9. The van der Waals surface area contributed by atoms with Crippen molar-refractivity contribution in [3.63, 3.8) is 0 Å². The van der Waals surface area contributed by atoms with Crippen LogP contribution in [0.25, 0.3) is 0 Å². The second kappa shape index (κ2) is 13.9. The fraction of sp³-hybridized carbons (Fsp3) is 0.433. The molecule has 3 heterocycles. The Balaban J connectivity index is 1.89. The molecule has 1 aromatic carbocycles. The first-order valence-corrected chi connectivity index (χ1v) is 14.3. The summed E-state index contributed by atoms with van der Waals surface area (Å²) in [4.78, 5) is 42.0. The van der Waals surface area contributed by atoms with E-state index >= 15 is 0 Å². The first-order valence-electron chi connectivity index (χ1n) is 14.3. The lowest BCUT2D eigenvalue weighted by Crippen LogP contribution is -2.48. The number of carbonyl (C=O) groups excluding carboxylic acids is 1. The van der Waals surface area contributed by atoms with Crippen LogP contribution in [0.1, 0.15) is 54.6 Å². The molecule has 2 aromatic heterocycles. The van der Waals surface area contributed by atoms with Gasteiger partial charge in [0.25, 0.3) is 0 Å². The summed E-state index contributed by atoms with van der Waals surface area (Å²) in [7, 11) is 4.82. The number of anilines is 3. The van der Waals surface area contributed by atoms with Gasteiger partial charge in [0.05, 0.1) is 60.2 Å². The number of aromatic nitrogens is 3. The Morgan fingerprint density at radius 3 is 2.15 bits per heavy atom. The van der Waals surface area contributed by atoms with Gasteiger partial charge in [0, 0.05) is 32.7 Å². The van der Waals surface area contributed by atoms with Gasteiger partial charge in [-0.25, -0.2) is 19.7 Å². The van der Waals surface area contributed by atoms with Crippen molar-refractivity contribution < 1.29 is 50.5 Å². The molecule has 1 amide bonds. The zero-order valence-corrected chi connectivity index (χ0v) is 25.8. The van der Waals surface area contributed by atoms with Gasteiger partial charge in [-0.2, -0.15) is 26.3 Å². The Morgan fingerprint density at radius 1 is 1.02 bits per heavy atom. The number of nitrogens with zero attached hydrogens (tertiary/aromatic N) is 6. The zero-order valence-electron chi connectivity index (χ0n) is 25.8. The third-order valence-electron chi connectivity index (χ3n) is 7.51. The van der Waals surface area contributed by atoms with Crippen molar-refractivity contribution in [2.45, 2.75) is 57.2 Å². The number of fused-ring (bicyclic) bond motifs is 1. The van der Waals surface area contributed by atoms with Gasteiger partial charge in [-0.3, -0.25) is 9.69 Å². The summed E-state index contributed by atoms with van der Waals surface area (Å²) in [6.45, 7) is 0.867. The lowest BCUT2D eigenvalue weighted by Gasteiger charge is -2.43. The lowest BCUT2D eigenvalue weighted by atomic mass is 9.92. The zero-order chi connectivity index (χ0) is 34.7. The van der Waals surface area contributed by atoms with Gasteiger partial charge in [-0.1, -0.05) is 6.92 Å². The van der Waals surface area contributed by atoms with E-state index in [1.807, 2.05) is 0 Å². The summed E-state index contributed by atoms with van der Waals surface area (Å²) in [5.74, 6) is -1.07. The molecule has 1 aliphatic heterocycles. The summed E-state index contributed by atoms with van der Waals surface area (Å²) in [5, 5.41) is 8.97. The Kier molecular flexibility index (Phi) is 10.3. The summed E-state index contributed by atoms with van der Waals surface area (Å²) in [6, 6.07) is 2.83. The van der Waals surface area contributed by atoms with Gasteiger partial charge in [0.15, 0.2) is 0 Å². The van der Waals surface area contributed by atoms with Crippen LogP contribution in [0, 0.1) is 0 Å². The molecule has 47 heavy (non-hydrogen) atoms. The second-order valence-electron chi connectivity index (χ2n) is 10.9. The molecule has 0 bridgehead atoms. The maximum absolute atomic E-state index is 13.8. The largest absolute Gasteiger partial charge is 0.481 e. The summed E-state index contributed by atoms with van der Waals surface area (Å²) in [6.07, 6.45) is -8.09. The van der Waals surface area contributed by atoms with Crippen molar-refractivity contribution in [2.75, 3.05) is 42.5 Å². The van der Waals surface area contributed by atoms with Gasteiger partial charge in [0.1, 0.15) is 6.61 Å². The highest BCUT2D eigenvalue weighted by molar-refractivity contribution is 5.90. The van der Waals surface area contributed by atoms with E-state index in [1.165, 1.54) is 41.4 Å². The molecule has 1 N–H and O–H groups in total. The van der Waals surface area contributed by atoms with Crippen molar-refractivity contribution in [2.24, 2.45) is 0 Å². The van der Waals surface area contributed by atoms with Gasteiger partial charge < -0.3 is 24.4 Å². The van der Waals surface area contributed by atoms with E-state index in [4.69, 9.17) is 14.6 Å². The van der Waals surface area contributed by atoms with Gasteiger partial charge in [0.2, 0.25) is 11.8 Å². The fourth-order valence-electron chi connectivity index (χ4n) is 5.17. The van der Waals surface area contributed by atoms with Gasteiger partial charge >= 0.3 is 24.4 Å². The van der Waals surface area contributed by atoms with E-state index in [1.54, 1.807) is 25.9 Å². The molecule has 1 unspecified atom stereocenters. The highest BCUT2D eigenvalue weighted by Crippen LogP contribution is 2.44. The third-order valence-corrected chi connectivity index (χ3v) is 7.51. The van der Waals surface area contributed by atoms with E-state index < -0.39 is 67.2 Å². The molecule has 0 saturated heterocycles. The predicted octanol–water partition coefficient (Wildman–Crippen LogP) is 6.33. The van der Waals surface area contributed by atoms with Crippen LogP contribution in [0.3, 0.4) is 0 Å². The maximum atomic E-state index is 13.8. The van der Waals surface area contributed by atoms with Gasteiger partial charge in [-0.05, 0) is 42.7 Å². The number of halogens is 6. The lowest BCUT2D eigenvalue weighted by molar-refractivity contribution is -0.143. The molecule has 0 spiro atoms. The SMILES string of the molecule is CC[C@@H]1CC(N(Cc2cc(C(F)(F)F)cc(C(F)(F)F)c2)c2ncc(N(C)C)cn2)c2nc(OC)ccc2N1C(=O)OCCC(=O)O. The van der Waals surface area contributed by atoms with E-state index in [-0.39, 0.29) is 41.3 Å². The number of methoxy groups -OCH3 is 1. The minimum atomic E-state index is -5.06. The summed E-state index contributed by atoms with van der Waals surface area (Å²) < 4.78 is 93.2. The smallest absolute Gasteiger partial charge is 0.416 e. The van der Waals surface area contributed by atoms with E-state index in [0.717, 1.165) is 0 Å². The molecule has 0 radical (unpaired) electrons. The Labute approximate surface area is 265 Å². The molecule has 3 aromatic rings. The normalized spacial score (nSPS) is 16.3. The van der Waals surface area contributed by atoms with Crippen LogP contribution in [0.2, 0.25) is 0 Å². The van der Waals surface area contributed by atoms with Crippen LogP contribution in [0.15, 0.2) is 42.7 Å². The number of ether oxygens (including phenoxy) is 2. The molecular formula is C30H32F6N6O5. The minimum Gasteiger partial charge on any atom is -0.481 e. The molecular weight excluding hydrogens is 638 g/mol.